The van der Waals surface area contributed by atoms with Crippen molar-refractivity contribution in [3.8, 4) is 0 Å². The van der Waals surface area contributed by atoms with Crippen LogP contribution in [0.5, 0.6) is 0 Å². The Labute approximate surface area is 105 Å². The molecule has 100 valence electrons. The summed E-state index contributed by atoms with van der Waals surface area (Å²) < 4.78 is 0. The second-order valence-corrected chi connectivity index (χ2v) is 3.60. The van der Waals surface area contributed by atoms with Crippen LogP contribution in [-0.2, 0) is 14.4 Å². The first-order valence-electron chi connectivity index (χ1n) is 5.25. The van der Waals surface area contributed by atoms with Gasteiger partial charge in [0.2, 0.25) is 11.8 Å². The van der Waals surface area contributed by atoms with Crippen molar-refractivity contribution in [2.75, 3.05) is 13.1 Å². The molecule has 0 radical (unpaired) electrons. The van der Waals surface area contributed by atoms with E-state index in [1.165, 1.54) is 0 Å². The van der Waals surface area contributed by atoms with E-state index in [2.05, 4.69) is 22.9 Å². The number of hydrogen-bond acceptors (Lipinski definition) is 4. The van der Waals surface area contributed by atoms with Gasteiger partial charge >= 0.3 is 5.97 Å². The highest BCUT2D eigenvalue weighted by molar-refractivity contribution is 5.88. The summed E-state index contributed by atoms with van der Waals surface area (Å²) in [6.45, 7) is 4.51. The minimum absolute atomic E-state index is 0.107. The summed E-state index contributed by atoms with van der Waals surface area (Å²) in [7, 11) is 0. The molecule has 7 heteroatoms. The zero-order chi connectivity index (χ0) is 14.1. The Morgan fingerprint density at radius 2 is 2.00 bits per heavy atom. The lowest BCUT2D eigenvalue weighted by Gasteiger charge is -2.14. The van der Waals surface area contributed by atoms with Crippen molar-refractivity contribution in [2.45, 2.75) is 19.4 Å². The van der Waals surface area contributed by atoms with Crippen LogP contribution in [0.25, 0.3) is 0 Å². The summed E-state index contributed by atoms with van der Waals surface area (Å²) in [6, 6.07) is -1.07. The lowest BCUT2D eigenvalue weighted by atomic mass is 10.1. The number of rotatable bonds is 7. The third-order valence-electron chi connectivity index (χ3n) is 2.08. The second kappa shape index (κ2) is 8.05. The molecule has 1 atom stereocenters. The Balaban J connectivity index is 4.33. The molecule has 0 spiro atoms. The number of carboxylic acids is 1. The smallest absolute Gasteiger partial charge is 0.326 e. The third kappa shape index (κ3) is 6.47. The number of carbonyl (C=O) groups is 3. The van der Waals surface area contributed by atoms with Gasteiger partial charge in [-0.1, -0.05) is 6.58 Å². The van der Waals surface area contributed by atoms with Crippen LogP contribution < -0.4 is 16.4 Å². The highest BCUT2D eigenvalue weighted by Crippen LogP contribution is 2.02. The van der Waals surface area contributed by atoms with Gasteiger partial charge in [0.05, 0.1) is 13.1 Å². The number of aliphatic carboxylic acids is 1. The van der Waals surface area contributed by atoms with Crippen molar-refractivity contribution in [1.82, 2.24) is 10.6 Å². The van der Waals surface area contributed by atoms with Crippen molar-refractivity contribution in [3.63, 3.8) is 0 Å². The molecule has 0 heterocycles. The van der Waals surface area contributed by atoms with Crippen LogP contribution in [0.4, 0.5) is 0 Å². The van der Waals surface area contributed by atoms with Crippen molar-refractivity contribution >= 4 is 17.8 Å². The van der Waals surface area contributed by atoms with Gasteiger partial charge in [0.15, 0.2) is 0 Å². The summed E-state index contributed by atoms with van der Waals surface area (Å²) >= 11 is 0. The Morgan fingerprint density at radius 1 is 1.39 bits per heavy atom. The predicted octanol–water partition coefficient (Wildman–Crippen LogP) is -1.25. The Hall–Kier alpha value is -2.11. The molecule has 0 fully saturated rings. The highest BCUT2D eigenvalue weighted by Gasteiger charge is 2.20. The molecule has 0 aromatic heterocycles. The minimum Gasteiger partial charge on any atom is -0.480 e. The van der Waals surface area contributed by atoms with Crippen LogP contribution in [0.2, 0.25) is 0 Å². The zero-order valence-corrected chi connectivity index (χ0v) is 10.2. The molecule has 2 amide bonds. The first kappa shape index (κ1) is 15.9. The van der Waals surface area contributed by atoms with E-state index in [4.69, 9.17) is 10.8 Å². The topological polar surface area (TPSA) is 122 Å². The van der Waals surface area contributed by atoms with Crippen LogP contribution in [0, 0.1) is 0 Å². The summed E-state index contributed by atoms with van der Waals surface area (Å²) in [4.78, 5) is 33.1. The van der Waals surface area contributed by atoms with Crippen molar-refractivity contribution in [1.29, 1.82) is 0 Å². The normalized spacial score (nSPS) is 11.0. The van der Waals surface area contributed by atoms with Gasteiger partial charge in [0, 0.05) is 6.42 Å². The summed E-state index contributed by atoms with van der Waals surface area (Å²) in [5.41, 5.74) is 8.20. The van der Waals surface area contributed by atoms with Gasteiger partial charge in [0.1, 0.15) is 6.04 Å². The van der Waals surface area contributed by atoms with Gasteiger partial charge in [0.25, 0.3) is 0 Å². The number of hydrogen-bond donors (Lipinski definition) is 4. The van der Waals surface area contributed by atoms with Gasteiger partial charge < -0.3 is 21.5 Å². The molecular formula is C11H17N3O4. The molecule has 0 rings (SSSR count). The molecule has 0 aromatic carbocycles. The maximum Gasteiger partial charge on any atom is 0.326 e. The van der Waals surface area contributed by atoms with E-state index in [-0.39, 0.29) is 19.5 Å². The second-order valence-electron chi connectivity index (χ2n) is 3.60. The maximum atomic E-state index is 11.4. The van der Waals surface area contributed by atoms with Gasteiger partial charge in [-0.2, -0.15) is 0 Å². The lowest BCUT2D eigenvalue weighted by molar-refractivity contribution is -0.141. The molecule has 1 unspecified atom stereocenters. The molecule has 0 saturated carbocycles. The summed E-state index contributed by atoms with van der Waals surface area (Å²) in [6.07, 6.45) is 0.107. The number of carbonyl (C=O) groups excluding carboxylic acids is 2. The molecule has 0 aliphatic heterocycles. The average molecular weight is 255 g/mol. The van der Waals surface area contributed by atoms with E-state index in [0.717, 1.165) is 0 Å². The Morgan fingerprint density at radius 3 is 2.44 bits per heavy atom. The molecular weight excluding hydrogens is 238 g/mol. The van der Waals surface area contributed by atoms with Crippen LogP contribution >= 0.6 is 0 Å². The van der Waals surface area contributed by atoms with Crippen molar-refractivity contribution in [2.24, 2.45) is 5.73 Å². The standard InChI is InChI=1S/C11H17N3O4/c1-3-7(2)4-8(11(17)18)14-10(16)6-13-9(15)5-12/h8H,1,4-6,12H2,2H3,(H,13,15)(H,14,16)(H,17,18). The van der Waals surface area contributed by atoms with Gasteiger partial charge in [-0.3, -0.25) is 9.59 Å². The largest absolute Gasteiger partial charge is 0.480 e. The summed E-state index contributed by atoms with van der Waals surface area (Å²) in [5.74, 6) is -2.25. The molecule has 0 aliphatic carbocycles. The minimum atomic E-state index is -1.16. The van der Waals surface area contributed by atoms with E-state index in [0.29, 0.717) is 5.57 Å². The monoisotopic (exact) mass is 255 g/mol. The third-order valence-corrected chi connectivity index (χ3v) is 2.08. The lowest BCUT2D eigenvalue weighted by Crippen LogP contribution is -2.46. The van der Waals surface area contributed by atoms with Crippen LogP contribution in [0.15, 0.2) is 17.9 Å². The first-order chi connectivity index (χ1) is 8.40. The van der Waals surface area contributed by atoms with E-state index in [1.807, 2.05) is 0 Å². The van der Waals surface area contributed by atoms with Gasteiger partial charge in [-0.25, -0.2) is 4.79 Å². The molecule has 0 aromatic rings. The van der Waals surface area contributed by atoms with Crippen molar-refractivity contribution < 1.29 is 19.5 Å². The Kier molecular flexibility index (Phi) is 7.11. The molecule has 5 N–H and O–H groups in total. The van der Waals surface area contributed by atoms with Gasteiger partial charge in [-0.15, -0.1) is 5.73 Å². The van der Waals surface area contributed by atoms with E-state index in [9.17, 15) is 14.4 Å². The Bertz CT molecular complexity index is 386. The van der Waals surface area contributed by atoms with Gasteiger partial charge in [-0.05, 0) is 12.5 Å². The quantitative estimate of drug-likeness (QED) is 0.423. The molecule has 18 heavy (non-hydrogen) atoms. The molecule has 0 saturated heterocycles. The van der Waals surface area contributed by atoms with Crippen molar-refractivity contribution in [3.05, 3.63) is 17.9 Å². The van der Waals surface area contributed by atoms with Crippen LogP contribution in [0.1, 0.15) is 13.3 Å². The fourth-order valence-corrected chi connectivity index (χ4v) is 1.07. The fraction of sp³-hybridized carbons (Fsp3) is 0.455. The number of nitrogens with two attached hydrogens (primary N) is 1. The first-order valence-corrected chi connectivity index (χ1v) is 5.25. The highest BCUT2D eigenvalue weighted by atomic mass is 16.4. The average Bonchev–Trinajstić information content (AvgIpc) is 2.34. The molecule has 0 bridgehead atoms. The number of carboxylic acid groups (broad SMARTS) is 1. The van der Waals surface area contributed by atoms with Crippen LogP contribution in [0.3, 0.4) is 0 Å². The van der Waals surface area contributed by atoms with E-state index < -0.39 is 23.8 Å². The summed E-state index contributed by atoms with van der Waals surface area (Å²) in [5, 5.41) is 13.4. The number of nitrogens with one attached hydrogen (secondary N) is 2. The SMILES string of the molecule is C=C=C(C)CC(NC(=O)CNC(=O)CN)C(=O)O. The molecule has 0 aliphatic rings. The fourth-order valence-electron chi connectivity index (χ4n) is 1.07. The number of amides is 2. The predicted molar refractivity (Wildman–Crippen MR) is 64.6 cm³/mol. The van der Waals surface area contributed by atoms with E-state index in [1.54, 1.807) is 6.92 Å². The van der Waals surface area contributed by atoms with Crippen LogP contribution in [-0.4, -0.2) is 42.0 Å². The zero-order valence-electron chi connectivity index (χ0n) is 10.2. The maximum absolute atomic E-state index is 11.4. The van der Waals surface area contributed by atoms with E-state index >= 15 is 0 Å². The molecule has 7 nitrogen and oxygen atoms in total.